The summed E-state index contributed by atoms with van der Waals surface area (Å²) in [6.45, 7) is 4.17. The molecule has 1 aromatic heterocycles. The number of sulfonamides is 1. The van der Waals surface area contributed by atoms with Gasteiger partial charge in [-0.2, -0.15) is 0 Å². The number of benzene rings is 3. The topological polar surface area (TPSA) is 99.6 Å². The minimum atomic E-state index is -3.37. The fourth-order valence-electron chi connectivity index (χ4n) is 4.48. The van der Waals surface area contributed by atoms with Crippen LogP contribution in [0.4, 0.5) is 11.4 Å². The van der Waals surface area contributed by atoms with E-state index >= 15 is 0 Å². The molecule has 2 N–H and O–H groups in total. The SMILES string of the molecule is CN1CCN(CC(=O)Nc2ccc(-c3ccc4ncn(-c5cccc(NS(C)(=O)=O)c5)c4c3)cc2)CC1. The number of amides is 1. The zero-order valence-electron chi connectivity index (χ0n) is 20.9. The van der Waals surface area contributed by atoms with Crippen LogP contribution in [0.2, 0.25) is 0 Å². The van der Waals surface area contributed by atoms with E-state index in [0.29, 0.717) is 12.2 Å². The van der Waals surface area contributed by atoms with Crippen LogP contribution in [-0.2, 0) is 14.8 Å². The van der Waals surface area contributed by atoms with Crippen molar-refractivity contribution >= 4 is 38.3 Å². The summed E-state index contributed by atoms with van der Waals surface area (Å²) in [5, 5.41) is 3.00. The monoisotopic (exact) mass is 518 g/mol. The maximum atomic E-state index is 12.5. The number of carbonyl (C=O) groups is 1. The Balaban J connectivity index is 1.32. The first kappa shape index (κ1) is 24.9. The number of fused-ring (bicyclic) bond motifs is 1. The van der Waals surface area contributed by atoms with Crippen molar-refractivity contribution in [3.05, 3.63) is 73.1 Å². The molecule has 0 unspecified atom stereocenters. The number of aromatic nitrogens is 2. The molecule has 0 radical (unpaired) electrons. The second-order valence-corrected chi connectivity index (χ2v) is 11.2. The molecule has 4 aromatic rings. The summed E-state index contributed by atoms with van der Waals surface area (Å²) in [5.74, 6) is -0.00443. The zero-order valence-corrected chi connectivity index (χ0v) is 21.7. The number of nitrogens with zero attached hydrogens (tertiary/aromatic N) is 4. The lowest BCUT2D eigenvalue weighted by Crippen LogP contribution is -2.47. The van der Waals surface area contributed by atoms with E-state index in [1.54, 1.807) is 24.5 Å². The van der Waals surface area contributed by atoms with Gasteiger partial charge in [0.25, 0.3) is 0 Å². The molecule has 5 rings (SSSR count). The van der Waals surface area contributed by atoms with Gasteiger partial charge in [-0.1, -0.05) is 24.3 Å². The molecule has 1 fully saturated rings. The largest absolute Gasteiger partial charge is 0.325 e. The summed E-state index contributed by atoms with van der Waals surface area (Å²) in [5.41, 5.74) is 5.81. The highest BCUT2D eigenvalue weighted by Crippen LogP contribution is 2.27. The third kappa shape index (κ3) is 6.16. The number of imidazole rings is 1. The number of rotatable bonds is 7. The molecule has 9 nitrogen and oxygen atoms in total. The first-order valence-electron chi connectivity index (χ1n) is 12.1. The van der Waals surface area contributed by atoms with E-state index in [1.165, 1.54) is 0 Å². The minimum absolute atomic E-state index is 0.00443. The van der Waals surface area contributed by atoms with Crippen LogP contribution in [0.5, 0.6) is 0 Å². The maximum absolute atomic E-state index is 12.5. The number of hydrogen-bond donors (Lipinski definition) is 2. The number of piperazine rings is 1. The van der Waals surface area contributed by atoms with Gasteiger partial charge in [-0.3, -0.25) is 19.0 Å². The molecule has 2 heterocycles. The van der Waals surface area contributed by atoms with Gasteiger partial charge in [0.2, 0.25) is 15.9 Å². The van der Waals surface area contributed by atoms with Crippen molar-refractivity contribution in [3.8, 4) is 16.8 Å². The molecule has 37 heavy (non-hydrogen) atoms. The van der Waals surface area contributed by atoms with Crippen LogP contribution < -0.4 is 10.0 Å². The lowest BCUT2D eigenvalue weighted by Gasteiger charge is -2.31. The van der Waals surface area contributed by atoms with E-state index in [4.69, 9.17) is 0 Å². The van der Waals surface area contributed by atoms with E-state index in [0.717, 1.165) is 66.0 Å². The standard InChI is InChI=1S/C27H30N6O3S/c1-31-12-14-32(15-13-31)18-27(34)29-22-9-6-20(7-10-22)21-8-11-25-26(16-21)33(19-28-25)24-5-3-4-23(17-24)30-37(2,35)36/h3-11,16-17,19,30H,12-15,18H2,1-2H3,(H,29,34). The van der Waals surface area contributed by atoms with Crippen LogP contribution >= 0.6 is 0 Å². The minimum Gasteiger partial charge on any atom is -0.325 e. The summed E-state index contributed by atoms with van der Waals surface area (Å²) in [6.07, 6.45) is 2.86. The fraction of sp³-hybridized carbons (Fsp3) is 0.259. The summed E-state index contributed by atoms with van der Waals surface area (Å²) < 4.78 is 27.7. The molecule has 0 bridgehead atoms. The number of nitrogens with one attached hydrogen (secondary N) is 2. The van der Waals surface area contributed by atoms with Gasteiger partial charge < -0.3 is 10.2 Å². The van der Waals surface area contributed by atoms with Crippen LogP contribution in [0.3, 0.4) is 0 Å². The predicted molar refractivity (Wildman–Crippen MR) is 148 cm³/mol. The Labute approximate surface area is 216 Å². The normalized spacial score (nSPS) is 15.1. The van der Waals surface area contributed by atoms with Crippen LogP contribution in [0, 0.1) is 0 Å². The van der Waals surface area contributed by atoms with Crippen LogP contribution in [0.25, 0.3) is 27.8 Å². The highest BCUT2D eigenvalue weighted by atomic mass is 32.2. The molecule has 1 amide bonds. The third-order valence-electron chi connectivity index (χ3n) is 6.44. The predicted octanol–water partition coefficient (Wildman–Crippen LogP) is 3.25. The second-order valence-electron chi connectivity index (χ2n) is 9.45. The molecule has 0 spiro atoms. The van der Waals surface area contributed by atoms with E-state index in [-0.39, 0.29) is 5.91 Å². The second kappa shape index (κ2) is 10.3. The van der Waals surface area contributed by atoms with Gasteiger partial charge in [0.15, 0.2) is 0 Å². The van der Waals surface area contributed by atoms with Gasteiger partial charge >= 0.3 is 0 Å². The molecule has 1 aliphatic rings. The van der Waals surface area contributed by atoms with Crippen LogP contribution in [-0.4, -0.2) is 79.7 Å². The molecule has 192 valence electrons. The summed E-state index contributed by atoms with van der Waals surface area (Å²) in [6, 6.07) is 21.0. The van der Waals surface area contributed by atoms with E-state index in [2.05, 4.69) is 37.9 Å². The Bertz CT molecular complexity index is 1520. The smallest absolute Gasteiger partial charge is 0.238 e. The van der Waals surface area contributed by atoms with Gasteiger partial charge in [-0.15, -0.1) is 0 Å². The first-order valence-corrected chi connectivity index (χ1v) is 14.0. The van der Waals surface area contributed by atoms with Crippen molar-refractivity contribution in [2.75, 3.05) is 56.1 Å². The van der Waals surface area contributed by atoms with Gasteiger partial charge in [-0.05, 0) is 60.6 Å². The first-order chi connectivity index (χ1) is 17.7. The number of hydrogen-bond acceptors (Lipinski definition) is 6. The number of carbonyl (C=O) groups excluding carboxylic acids is 1. The molecule has 0 aliphatic carbocycles. The summed E-state index contributed by atoms with van der Waals surface area (Å²) in [4.78, 5) is 21.4. The molecular formula is C27H30N6O3S. The van der Waals surface area contributed by atoms with Gasteiger partial charge in [0.05, 0.1) is 29.5 Å². The van der Waals surface area contributed by atoms with Crippen LogP contribution in [0.1, 0.15) is 0 Å². The Morgan fingerprint density at radius 2 is 1.65 bits per heavy atom. The average molecular weight is 519 g/mol. The molecule has 10 heteroatoms. The van der Waals surface area contributed by atoms with E-state index in [1.807, 2.05) is 47.0 Å². The Morgan fingerprint density at radius 3 is 2.38 bits per heavy atom. The molecule has 1 saturated heterocycles. The molecular weight excluding hydrogens is 488 g/mol. The van der Waals surface area contributed by atoms with E-state index in [9.17, 15) is 13.2 Å². The highest BCUT2D eigenvalue weighted by molar-refractivity contribution is 7.92. The fourth-order valence-corrected chi connectivity index (χ4v) is 5.04. The van der Waals surface area contributed by atoms with Gasteiger partial charge in [-0.25, -0.2) is 13.4 Å². The van der Waals surface area contributed by atoms with Crippen molar-refractivity contribution in [3.63, 3.8) is 0 Å². The summed E-state index contributed by atoms with van der Waals surface area (Å²) >= 11 is 0. The van der Waals surface area contributed by atoms with Crippen molar-refractivity contribution in [2.24, 2.45) is 0 Å². The zero-order chi connectivity index (χ0) is 26.0. The van der Waals surface area contributed by atoms with E-state index < -0.39 is 10.0 Å². The third-order valence-corrected chi connectivity index (χ3v) is 7.05. The van der Waals surface area contributed by atoms with Crippen LogP contribution in [0.15, 0.2) is 73.1 Å². The molecule has 3 aromatic carbocycles. The quantitative estimate of drug-likeness (QED) is 0.390. The molecule has 0 saturated carbocycles. The number of likely N-dealkylation sites (N-methyl/N-ethyl adjacent to an activating group) is 1. The van der Waals surface area contributed by atoms with Crippen molar-refractivity contribution in [1.82, 2.24) is 19.4 Å². The van der Waals surface area contributed by atoms with Crippen molar-refractivity contribution < 1.29 is 13.2 Å². The molecule has 0 atom stereocenters. The van der Waals surface area contributed by atoms with Crippen molar-refractivity contribution in [1.29, 1.82) is 0 Å². The maximum Gasteiger partial charge on any atom is 0.238 e. The highest BCUT2D eigenvalue weighted by Gasteiger charge is 2.16. The lowest BCUT2D eigenvalue weighted by atomic mass is 10.0. The Morgan fingerprint density at radius 1 is 0.919 bits per heavy atom. The van der Waals surface area contributed by atoms with Crippen molar-refractivity contribution in [2.45, 2.75) is 0 Å². The Kier molecular flexibility index (Phi) is 6.96. The number of anilines is 2. The summed E-state index contributed by atoms with van der Waals surface area (Å²) in [7, 11) is -1.28. The van der Waals surface area contributed by atoms with Gasteiger partial charge in [0.1, 0.15) is 6.33 Å². The average Bonchev–Trinajstić information content (AvgIpc) is 3.28. The molecule has 1 aliphatic heterocycles. The lowest BCUT2D eigenvalue weighted by molar-refractivity contribution is -0.117. The van der Waals surface area contributed by atoms with Gasteiger partial charge in [0, 0.05) is 37.6 Å². The Hall–Kier alpha value is -3.73.